The number of rotatable bonds is 1. The number of hydrogen-bond acceptors (Lipinski definition) is 1. The van der Waals surface area contributed by atoms with Crippen molar-refractivity contribution < 1.29 is 5.11 Å². The number of aromatic nitrogens is 1. The molecule has 2 nitrogen and oxygen atoms in total. The van der Waals surface area contributed by atoms with Crippen LogP contribution in [-0.2, 0) is 6.42 Å². The Kier molecular flexibility index (Phi) is 2.48. The van der Waals surface area contributed by atoms with E-state index in [-0.39, 0.29) is 6.10 Å². The first-order valence-corrected chi connectivity index (χ1v) is 6.49. The summed E-state index contributed by atoms with van der Waals surface area (Å²) < 4.78 is 0. The molecule has 0 unspecified atom stereocenters. The largest absolute Gasteiger partial charge is 0.387 e. The molecule has 1 aliphatic carbocycles. The molecule has 1 heterocycles. The van der Waals surface area contributed by atoms with Gasteiger partial charge in [-0.25, -0.2) is 0 Å². The highest BCUT2D eigenvalue weighted by molar-refractivity contribution is 5.85. The topological polar surface area (TPSA) is 36.0 Å². The fraction of sp³-hybridized carbons (Fsp3) is 0.467. The van der Waals surface area contributed by atoms with E-state index < -0.39 is 0 Å². The second kappa shape index (κ2) is 3.88. The van der Waals surface area contributed by atoms with E-state index in [9.17, 15) is 5.11 Å². The fourth-order valence-electron chi connectivity index (χ4n) is 2.82. The minimum absolute atomic E-state index is 0.298. The summed E-state index contributed by atoms with van der Waals surface area (Å²) in [5, 5.41) is 11.3. The minimum Gasteiger partial charge on any atom is -0.387 e. The lowest BCUT2D eigenvalue weighted by atomic mass is 9.92. The zero-order valence-corrected chi connectivity index (χ0v) is 10.5. The predicted molar refractivity (Wildman–Crippen MR) is 70.3 cm³/mol. The molecule has 0 bridgehead atoms. The van der Waals surface area contributed by atoms with Crippen molar-refractivity contribution in [1.82, 2.24) is 4.98 Å². The van der Waals surface area contributed by atoms with Gasteiger partial charge in [0.1, 0.15) is 0 Å². The summed E-state index contributed by atoms with van der Waals surface area (Å²) in [5.41, 5.74) is 4.92. The number of aliphatic hydroxyl groups excluding tert-OH is 1. The van der Waals surface area contributed by atoms with Gasteiger partial charge >= 0.3 is 0 Å². The van der Waals surface area contributed by atoms with Crippen molar-refractivity contribution in [3.8, 4) is 0 Å². The van der Waals surface area contributed by atoms with E-state index in [4.69, 9.17) is 0 Å². The van der Waals surface area contributed by atoms with E-state index in [0.29, 0.717) is 5.92 Å². The molecule has 1 aromatic carbocycles. The van der Waals surface area contributed by atoms with Gasteiger partial charge in [-0.3, -0.25) is 0 Å². The summed E-state index contributed by atoms with van der Waals surface area (Å²) >= 11 is 0. The Balaban J connectivity index is 2.22. The number of fused-ring (bicyclic) bond motifs is 3. The van der Waals surface area contributed by atoms with E-state index in [0.717, 1.165) is 25.0 Å². The molecule has 0 aliphatic heterocycles. The van der Waals surface area contributed by atoms with Crippen molar-refractivity contribution in [3.05, 3.63) is 35.0 Å². The number of aliphatic hydroxyl groups is 1. The van der Waals surface area contributed by atoms with Crippen LogP contribution in [0.25, 0.3) is 10.9 Å². The van der Waals surface area contributed by atoms with Gasteiger partial charge in [-0.2, -0.15) is 0 Å². The van der Waals surface area contributed by atoms with Gasteiger partial charge in [0, 0.05) is 16.6 Å². The van der Waals surface area contributed by atoms with Crippen LogP contribution < -0.4 is 0 Å². The van der Waals surface area contributed by atoms with Gasteiger partial charge in [-0.15, -0.1) is 0 Å². The summed E-state index contributed by atoms with van der Waals surface area (Å²) in [6, 6.07) is 6.62. The van der Waals surface area contributed by atoms with Crippen LogP contribution in [0.5, 0.6) is 0 Å². The Bertz CT molecular complexity index is 553. The lowest BCUT2D eigenvalue weighted by Gasteiger charge is -2.17. The Morgan fingerprint density at radius 2 is 2.18 bits per heavy atom. The lowest BCUT2D eigenvalue weighted by Crippen LogP contribution is -2.07. The van der Waals surface area contributed by atoms with E-state index >= 15 is 0 Å². The van der Waals surface area contributed by atoms with Crippen molar-refractivity contribution in [2.75, 3.05) is 0 Å². The third-order valence-corrected chi connectivity index (χ3v) is 3.87. The molecule has 1 atom stereocenters. The highest BCUT2D eigenvalue weighted by Gasteiger charge is 2.22. The van der Waals surface area contributed by atoms with E-state index in [1.165, 1.54) is 22.0 Å². The molecule has 0 saturated carbocycles. The molecule has 2 heteroatoms. The van der Waals surface area contributed by atoms with Crippen LogP contribution in [0.15, 0.2) is 18.2 Å². The van der Waals surface area contributed by atoms with Gasteiger partial charge in [-0.05, 0) is 48.4 Å². The molecule has 2 N–H and O–H groups in total. The Labute approximate surface area is 102 Å². The van der Waals surface area contributed by atoms with E-state index in [1.54, 1.807) is 0 Å². The second-order valence-electron chi connectivity index (χ2n) is 5.38. The van der Waals surface area contributed by atoms with Crippen LogP contribution in [0, 0.1) is 0 Å². The molecule has 90 valence electrons. The van der Waals surface area contributed by atoms with Crippen LogP contribution in [-0.4, -0.2) is 10.1 Å². The van der Waals surface area contributed by atoms with Crippen molar-refractivity contribution in [1.29, 1.82) is 0 Å². The maximum atomic E-state index is 10.0. The molecule has 0 radical (unpaired) electrons. The molecule has 3 rings (SSSR count). The molecule has 1 aromatic heterocycles. The van der Waals surface area contributed by atoms with Gasteiger partial charge in [-0.1, -0.05) is 19.9 Å². The number of hydrogen-bond donors (Lipinski definition) is 2. The zero-order valence-electron chi connectivity index (χ0n) is 10.5. The third-order valence-electron chi connectivity index (χ3n) is 3.87. The first-order valence-electron chi connectivity index (χ1n) is 6.49. The standard InChI is InChI=1S/C15H19NO/c1-9(2)10-6-7-13-12(8-10)11-4-3-5-14(17)15(11)16-13/h6-9,14,16-17H,3-5H2,1-2H3/t14-/m0/s1. The summed E-state index contributed by atoms with van der Waals surface area (Å²) in [4.78, 5) is 3.38. The van der Waals surface area contributed by atoms with Gasteiger partial charge in [0.05, 0.1) is 6.10 Å². The number of aromatic amines is 1. The van der Waals surface area contributed by atoms with Crippen molar-refractivity contribution >= 4 is 10.9 Å². The van der Waals surface area contributed by atoms with Crippen molar-refractivity contribution in [3.63, 3.8) is 0 Å². The number of nitrogens with one attached hydrogen (secondary N) is 1. The average molecular weight is 229 g/mol. The van der Waals surface area contributed by atoms with Crippen LogP contribution in [0.1, 0.15) is 55.5 Å². The van der Waals surface area contributed by atoms with Crippen LogP contribution in [0.2, 0.25) is 0 Å². The summed E-state index contributed by atoms with van der Waals surface area (Å²) in [7, 11) is 0. The predicted octanol–water partition coefficient (Wildman–Crippen LogP) is 3.66. The van der Waals surface area contributed by atoms with Crippen molar-refractivity contribution in [2.24, 2.45) is 0 Å². The monoisotopic (exact) mass is 229 g/mol. The third kappa shape index (κ3) is 1.67. The van der Waals surface area contributed by atoms with Crippen LogP contribution in [0.3, 0.4) is 0 Å². The zero-order chi connectivity index (χ0) is 12.0. The smallest absolute Gasteiger partial charge is 0.0941 e. The fourth-order valence-corrected chi connectivity index (χ4v) is 2.82. The van der Waals surface area contributed by atoms with Gasteiger partial charge in [0.15, 0.2) is 0 Å². The number of H-pyrrole nitrogens is 1. The highest BCUT2D eigenvalue weighted by atomic mass is 16.3. The first-order chi connectivity index (χ1) is 8.16. The van der Waals surface area contributed by atoms with E-state index in [2.05, 4.69) is 37.0 Å². The Morgan fingerprint density at radius 3 is 2.94 bits per heavy atom. The molecule has 0 amide bonds. The molecule has 0 fully saturated rings. The molecule has 17 heavy (non-hydrogen) atoms. The Hall–Kier alpha value is -1.28. The van der Waals surface area contributed by atoms with Gasteiger partial charge in [0.2, 0.25) is 0 Å². The first kappa shape index (κ1) is 10.8. The summed E-state index contributed by atoms with van der Waals surface area (Å²) in [6.45, 7) is 4.43. The molecule has 0 saturated heterocycles. The normalized spacial score (nSPS) is 19.9. The molecular weight excluding hydrogens is 210 g/mol. The van der Waals surface area contributed by atoms with Gasteiger partial charge in [0.25, 0.3) is 0 Å². The molecule has 0 spiro atoms. The summed E-state index contributed by atoms with van der Waals surface area (Å²) in [5.74, 6) is 0.554. The quantitative estimate of drug-likeness (QED) is 0.769. The molecule has 1 aliphatic rings. The SMILES string of the molecule is CC(C)c1ccc2[nH]c3c(c2c1)CCC[C@@H]3O. The number of aryl methyl sites for hydroxylation is 1. The van der Waals surface area contributed by atoms with Crippen LogP contribution in [0.4, 0.5) is 0 Å². The second-order valence-corrected chi connectivity index (χ2v) is 5.38. The van der Waals surface area contributed by atoms with Crippen molar-refractivity contribution in [2.45, 2.75) is 45.1 Å². The average Bonchev–Trinajstić information content (AvgIpc) is 2.68. The molecule has 2 aromatic rings. The number of benzene rings is 1. The lowest BCUT2D eigenvalue weighted by molar-refractivity contribution is 0.153. The van der Waals surface area contributed by atoms with Crippen LogP contribution >= 0.6 is 0 Å². The van der Waals surface area contributed by atoms with Gasteiger partial charge < -0.3 is 10.1 Å². The summed E-state index contributed by atoms with van der Waals surface area (Å²) in [6.07, 6.45) is 2.77. The molecular formula is C15H19NO. The Morgan fingerprint density at radius 1 is 1.35 bits per heavy atom. The minimum atomic E-state index is -0.298. The maximum Gasteiger partial charge on any atom is 0.0941 e. The van der Waals surface area contributed by atoms with E-state index in [1.807, 2.05) is 0 Å². The maximum absolute atomic E-state index is 10.0. The highest BCUT2D eigenvalue weighted by Crippen LogP contribution is 2.35.